The lowest BCUT2D eigenvalue weighted by Gasteiger charge is -2.42. The number of likely N-dealkylation sites (tertiary alicyclic amines) is 1. The largest absolute Gasteiger partial charge is 0.387 e. The Morgan fingerprint density at radius 3 is 2.80 bits per heavy atom. The second-order valence-electron chi connectivity index (χ2n) is 6.36. The molecule has 5 nitrogen and oxygen atoms in total. The first-order valence-electron chi connectivity index (χ1n) is 7.77. The van der Waals surface area contributed by atoms with Crippen LogP contribution in [0.5, 0.6) is 0 Å². The van der Waals surface area contributed by atoms with E-state index in [0.29, 0.717) is 13.1 Å². The van der Waals surface area contributed by atoms with Crippen LogP contribution in [0.4, 0.5) is 0 Å². The number of likely N-dealkylation sites (N-methyl/N-ethyl adjacent to an activating group) is 1. The van der Waals surface area contributed by atoms with Crippen LogP contribution in [0.3, 0.4) is 0 Å². The average molecular weight is 285 g/mol. The van der Waals surface area contributed by atoms with Gasteiger partial charge in [-0.15, -0.1) is 0 Å². The van der Waals surface area contributed by atoms with E-state index < -0.39 is 5.60 Å². The topological polar surface area (TPSA) is 55.8 Å². The monoisotopic (exact) mass is 285 g/mol. The van der Waals surface area contributed by atoms with Crippen LogP contribution in [0, 0.1) is 0 Å². The van der Waals surface area contributed by atoms with Gasteiger partial charge in [0.25, 0.3) is 0 Å². The Balaban J connectivity index is 2.51. The number of carbonyl (C=O) groups is 1. The molecular weight excluding hydrogens is 254 g/mol. The Morgan fingerprint density at radius 1 is 1.50 bits per heavy atom. The molecule has 0 aromatic rings. The zero-order chi connectivity index (χ0) is 15.2. The molecule has 0 radical (unpaired) electrons. The normalized spacial score (nSPS) is 25.7. The smallest absolute Gasteiger partial charge is 0.237 e. The van der Waals surface area contributed by atoms with Crippen LogP contribution in [0.2, 0.25) is 0 Å². The number of nitrogens with one attached hydrogen (secondary N) is 1. The summed E-state index contributed by atoms with van der Waals surface area (Å²) in [5.74, 6) is 0.0764. The molecule has 0 aromatic carbocycles. The molecule has 2 N–H and O–H groups in total. The number of hydrogen-bond donors (Lipinski definition) is 2. The predicted octanol–water partition coefficient (Wildman–Crippen LogP) is 0.680. The number of β-amino-alcohol motifs (C(OH)–C–C–N with tert-alkyl or cyclic N) is 1. The van der Waals surface area contributed by atoms with E-state index >= 15 is 0 Å². The molecule has 0 bridgehead atoms. The van der Waals surface area contributed by atoms with Crippen molar-refractivity contribution in [2.75, 3.05) is 40.3 Å². The summed E-state index contributed by atoms with van der Waals surface area (Å²) in [7, 11) is 3.94. The zero-order valence-corrected chi connectivity index (χ0v) is 13.5. The van der Waals surface area contributed by atoms with Crippen molar-refractivity contribution in [3.05, 3.63) is 0 Å². The van der Waals surface area contributed by atoms with Gasteiger partial charge in [0.2, 0.25) is 5.91 Å². The van der Waals surface area contributed by atoms with E-state index in [2.05, 4.69) is 17.1 Å². The maximum absolute atomic E-state index is 12.1. The van der Waals surface area contributed by atoms with Gasteiger partial charge in [0.15, 0.2) is 0 Å². The number of unbranched alkanes of at least 4 members (excludes halogenated alkanes) is 1. The van der Waals surface area contributed by atoms with E-state index in [1.54, 1.807) is 0 Å². The Bertz CT molecular complexity index is 309. The van der Waals surface area contributed by atoms with E-state index in [-0.39, 0.29) is 11.9 Å². The van der Waals surface area contributed by atoms with Crippen molar-refractivity contribution in [3.63, 3.8) is 0 Å². The summed E-state index contributed by atoms with van der Waals surface area (Å²) < 4.78 is 0. The minimum Gasteiger partial charge on any atom is -0.387 e. The Labute approximate surface area is 123 Å². The molecule has 1 rings (SSSR count). The lowest BCUT2D eigenvalue weighted by atomic mass is 9.91. The fraction of sp³-hybridized carbons (Fsp3) is 0.933. The molecule has 0 aromatic heterocycles. The summed E-state index contributed by atoms with van der Waals surface area (Å²) >= 11 is 0. The molecule has 5 heteroatoms. The van der Waals surface area contributed by atoms with Crippen LogP contribution in [0.1, 0.15) is 39.5 Å². The van der Waals surface area contributed by atoms with Crippen LogP contribution in [0.15, 0.2) is 0 Å². The maximum atomic E-state index is 12.1. The highest BCUT2D eigenvalue weighted by atomic mass is 16.3. The van der Waals surface area contributed by atoms with Gasteiger partial charge in [0.05, 0.1) is 11.6 Å². The lowest BCUT2D eigenvalue weighted by Crippen LogP contribution is -2.57. The van der Waals surface area contributed by atoms with Crippen molar-refractivity contribution in [1.29, 1.82) is 0 Å². The summed E-state index contributed by atoms with van der Waals surface area (Å²) in [4.78, 5) is 16.2. The van der Waals surface area contributed by atoms with E-state index in [0.717, 1.165) is 38.8 Å². The molecule has 1 aliphatic rings. The lowest BCUT2D eigenvalue weighted by molar-refractivity contribution is -0.129. The van der Waals surface area contributed by atoms with Gasteiger partial charge in [-0.3, -0.25) is 9.69 Å². The average Bonchev–Trinajstić information content (AvgIpc) is 2.36. The number of hydrogen-bond acceptors (Lipinski definition) is 4. The number of carbonyl (C=O) groups excluding carboxylic acids is 1. The van der Waals surface area contributed by atoms with Crippen LogP contribution < -0.4 is 5.32 Å². The molecule has 2 atom stereocenters. The Kier molecular flexibility index (Phi) is 6.92. The summed E-state index contributed by atoms with van der Waals surface area (Å²) in [6, 6.07) is -0.166. The standard InChI is InChI=1S/C15H31N3O2/c1-5-6-9-16-14(19)13(2)18-10-7-8-15(20,12-18)11-17(3)4/h13,20H,5-12H2,1-4H3,(H,16,19)/t13-,15-/m1/s1. The molecule has 20 heavy (non-hydrogen) atoms. The van der Waals surface area contributed by atoms with Crippen LogP contribution in [0.25, 0.3) is 0 Å². The molecule has 118 valence electrons. The maximum Gasteiger partial charge on any atom is 0.237 e. The van der Waals surface area contributed by atoms with Crippen LogP contribution in [-0.4, -0.2) is 72.7 Å². The number of nitrogens with zero attached hydrogens (tertiary/aromatic N) is 2. The van der Waals surface area contributed by atoms with E-state index in [1.807, 2.05) is 25.9 Å². The van der Waals surface area contributed by atoms with Gasteiger partial charge in [-0.25, -0.2) is 0 Å². The highest BCUT2D eigenvalue weighted by Crippen LogP contribution is 2.23. The minimum absolute atomic E-state index is 0.0764. The van der Waals surface area contributed by atoms with Gasteiger partial charge >= 0.3 is 0 Å². The molecule has 1 heterocycles. The third kappa shape index (κ3) is 5.38. The predicted molar refractivity (Wildman–Crippen MR) is 81.7 cm³/mol. The first kappa shape index (κ1) is 17.4. The number of amides is 1. The van der Waals surface area contributed by atoms with Gasteiger partial charge in [-0.1, -0.05) is 13.3 Å². The van der Waals surface area contributed by atoms with Gasteiger partial charge < -0.3 is 15.3 Å². The van der Waals surface area contributed by atoms with Crippen molar-refractivity contribution in [2.45, 2.75) is 51.2 Å². The molecule has 1 aliphatic heterocycles. The molecule has 0 unspecified atom stereocenters. The van der Waals surface area contributed by atoms with Crippen molar-refractivity contribution >= 4 is 5.91 Å². The second-order valence-corrected chi connectivity index (χ2v) is 6.36. The number of rotatable bonds is 7. The zero-order valence-electron chi connectivity index (χ0n) is 13.5. The number of aliphatic hydroxyl groups is 1. The Hall–Kier alpha value is -0.650. The fourth-order valence-corrected chi connectivity index (χ4v) is 2.90. The van der Waals surface area contributed by atoms with Crippen LogP contribution >= 0.6 is 0 Å². The highest BCUT2D eigenvalue weighted by Gasteiger charge is 2.36. The van der Waals surface area contributed by atoms with Crippen molar-refractivity contribution < 1.29 is 9.90 Å². The van der Waals surface area contributed by atoms with E-state index in [9.17, 15) is 9.90 Å². The first-order chi connectivity index (χ1) is 9.38. The second kappa shape index (κ2) is 7.96. The summed E-state index contributed by atoms with van der Waals surface area (Å²) in [5, 5.41) is 13.6. The number of piperidine rings is 1. The van der Waals surface area contributed by atoms with Crippen molar-refractivity contribution in [3.8, 4) is 0 Å². The minimum atomic E-state index is -0.695. The molecule has 0 spiro atoms. The summed E-state index contributed by atoms with van der Waals surface area (Å²) in [6.45, 7) is 6.90. The van der Waals surface area contributed by atoms with Crippen molar-refractivity contribution in [2.24, 2.45) is 0 Å². The molecular formula is C15H31N3O2. The van der Waals surface area contributed by atoms with Gasteiger partial charge in [-0.05, 0) is 46.8 Å². The molecule has 1 amide bonds. The SMILES string of the molecule is CCCCNC(=O)[C@@H](C)N1CCC[C@@](O)(CN(C)C)C1. The van der Waals surface area contributed by atoms with E-state index in [1.165, 1.54) is 0 Å². The Morgan fingerprint density at radius 2 is 2.20 bits per heavy atom. The quantitative estimate of drug-likeness (QED) is 0.676. The molecule has 1 saturated heterocycles. The fourth-order valence-electron chi connectivity index (χ4n) is 2.90. The molecule has 0 saturated carbocycles. The van der Waals surface area contributed by atoms with Gasteiger partial charge in [0, 0.05) is 19.6 Å². The van der Waals surface area contributed by atoms with E-state index in [4.69, 9.17) is 0 Å². The van der Waals surface area contributed by atoms with Crippen molar-refractivity contribution in [1.82, 2.24) is 15.1 Å². The summed E-state index contributed by atoms with van der Waals surface area (Å²) in [5.41, 5.74) is -0.695. The third-order valence-electron chi connectivity index (χ3n) is 3.95. The third-order valence-corrected chi connectivity index (χ3v) is 3.95. The molecule has 1 fully saturated rings. The molecule has 0 aliphatic carbocycles. The van der Waals surface area contributed by atoms with Gasteiger partial charge in [-0.2, -0.15) is 0 Å². The van der Waals surface area contributed by atoms with Crippen LogP contribution in [-0.2, 0) is 4.79 Å². The summed E-state index contributed by atoms with van der Waals surface area (Å²) in [6.07, 6.45) is 3.85. The first-order valence-corrected chi connectivity index (χ1v) is 7.77. The highest BCUT2D eigenvalue weighted by molar-refractivity contribution is 5.81. The van der Waals surface area contributed by atoms with Gasteiger partial charge in [0.1, 0.15) is 0 Å².